The molecule has 1 saturated carbocycles. The summed E-state index contributed by atoms with van der Waals surface area (Å²) in [5, 5.41) is 21.8. The number of amides is 1. The molecule has 98 valence electrons. The van der Waals surface area contributed by atoms with Crippen LogP contribution in [-0.2, 0) is 0 Å². The zero-order chi connectivity index (χ0) is 13.3. The van der Waals surface area contributed by atoms with E-state index in [9.17, 15) is 15.0 Å². The summed E-state index contributed by atoms with van der Waals surface area (Å²) in [7, 11) is 0. The molecule has 0 spiro atoms. The standard InChI is InChI=1S/C13H18N2O3/c1-13(7-14,8-2-3-8)15-12(18)10-6-9(16)4-5-11(10)17/h4-6,8,16-17H,2-3,7,14H2,1H3,(H,15,18). The SMILES string of the molecule is CC(CN)(NC(=O)c1cc(O)ccc1O)C1CC1. The Labute approximate surface area is 106 Å². The first-order valence-electron chi connectivity index (χ1n) is 6.01. The Kier molecular flexibility index (Phi) is 3.17. The van der Waals surface area contributed by atoms with Gasteiger partial charge >= 0.3 is 0 Å². The van der Waals surface area contributed by atoms with Crippen molar-refractivity contribution in [3.05, 3.63) is 23.8 Å². The fraction of sp³-hybridized carbons (Fsp3) is 0.462. The van der Waals surface area contributed by atoms with Gasteiger partial charge in [-0.15, -0.1) is 0 Å². The van der Waals surface area contributed by atoms with Gasteiger partial charge < -0.3 is 21.3 Å². The van der Waals surface area contributed by atoms with Gasteiger partial charge in [0.05, 0.1) is 11.1 Å². The van der Waals surface area contributed by atoms with Crippen LogP contribution in [0.3, 0.4) is 0 Å². The number of carbonyl (C=O) groups excluding carboxylic acids is 1. The fourth-order valence-corrected chi connectivity index (χ4v) is 2.07. The molecule has 1 aliphatic carbocycles. The van der Waals surface area contributed by atoms with Crippen LogP contribution in [0.15, 0.2) is 18.2 Å². The number of benzene rings is 1. The third-order valence-electron chi connectivity index (χ3n) is 3.53. The molecule has 1 aromatic carbocycles. The van der Waals surface area contributed by atoms with Crippen molar-refractivity contribution in [3.63, 3.8) is 0 Å². The highest BCUT2D eigenvalue weighted by atomic mass is 16.3. The second kappa shape index (κ2) is 4.49. The van der Waals surface area contributed by atoms with E-state index in [-0.39, 0.29) is 17.1 Å². The average Bonchev–Trinajstić information content (AvgIpc) is 3.16. The Morgan fingerprint density at radius 1 is 1.50 bits per heavy atom. The van der Waals surface area contributed by atoms with E-state index in [1.807, 2.05) is 6.92 Å². The molecule has 0 heterocycles. The molecule has 0 saturated heterocycles. The number of aromatic hydroxyl groups is 2. The molecular weight excluding hydrogens is 232 g/mol. The van der Waals surface area contributed by atoms with E-state index in [0.717, 1.165) is 12.8 Å². The van der Waals surface area contributed by atoms with Gasteiger partial charge in [0.15, 0.2) is 0 Å². The monoisotopic (exact) mass is 250 g/mol. The van der Waals surface area contributed by atoms with E-state index in [1.165, 1.54) is 18.2 Å². The minimum atomic E-state index is -0.449. The summed E-state index contributed by atoms with van der Waals surface area (Å²) in [6.07, 6.45) is 2.11. The van der Waals surface area contributed by atoms with Crippen molar-refractivity contribution in [2.75, 3.05) is 6.54 Å². The molecule has 1 aliphatic rings. The van der Waals surface area contributed by atoms with Gasteiger partial charge in [0.25, 0.3) is 5.91 Å². The van der Waals surface area contributed by atoms with Gasteiger partial charge in [0.1, 0.15) is 11.5 Å². The van der Waals surface area contributed by atoms with Gasteiger partial charge in [-0.2, -0.15) is 0 Å². The van der Waals surface area contributed by atoms with Crippen LogP contribution in [0.1, 0.15) is 30.1 Å². The van der Waals surface area contributed by atoms with Crippen LogP contribution >= 0.6 is 0 Å². The molecule has 5 heteroatoms. The number of phenols is 2. The lowest BCUT2D eigenvalue weighted by Crippen LogP contribution is -2.53. The number of nitrogens with one attached hydrogen (secondary N) is 1. The van der Waals surface area contributed by atoms with Gasteiger partial charge in [-0.05, 0) is 43.9 Å². The molecule has 0 radical (unpaired) electrons. The van der Waals surface area contributed by atoms with E-state index in [4.69, 9.17) is 5.73 Å². The van der Waals surface area contributed by atoms with Crippen molar-refractivity contribution in [3.8, 4) is 11.5 Å². The summed E-state index contributed by atoms with van der Waals surface area (Å²) < 4.78 is 0. The van der Waals surface area contributed by atoms with Crippen LogP contribution in [0.5, 0.6) is 11.5 Å². The van der Waals surface area contributed by atoms with Gasteiger partial charge in [0, 0.05) is 6.54 Å². The third kappa shape index (κ3) is 2.41. The Morgan fingerprint density at radius 2 is 2.17 bits per heavy atom. The second-order valence-electron chi connectivity index (χ2n) is 5.05. The van der Waals surface area contributed by atoms with Crippen LogP contribution in [0, 0.1) is 5.92 Å². The molecule has 0 bridgehead atoms. The molecule has 5 N–H and O–H groups in total. The number of rotatable bonds is 4. The lowest BCUT2D eigenvalue weighted by molar-refractivity contribution is 0.0894. The lowest BCUT2D eigenvalue weighted by atomic mass is 9.95. The van der Waals surface area contributed by atoms with E-state index in [2.05, 4.69) is 5.32 Å². The summed E-state index contributed by atoms with van der Waals surface area (Å²) >= 11 is 0. The largest absolute Gasteiger partial charge is 0.508 e. The van der Waals surface area contributed by atoms with Crippen LogP contribution in [-0.4, -0.2) is 28.2 Å². The summed E-state index contributed by atoms with van der Waals surface area (Å²) in [6.45, 7) is 2.26. The van der Waals surface area contributed by atoms with Crippen molar-refractivity contribution in [2.24, 2.45) is 11.7 Å². The van der Waals surface area contributed by atoms with E-state index >= 15 is 0 Å². The van der Waals surface area contributed by atoms with E-state index < -0.39 is 11.4 Å². The van der Waals surface area contributed by atoms with Gasteiger partial charge in [-0.3, -0.25) is 4.79 Å². The maximum absolute atomic E-state index is 12.1. The molecule has 1 fully saturated rings. The van der Waals surface area contributed by atoms with E-state index in [1.54, 1.807) is 0 Å². The Balaban J connectivity index is 2.18. The zero-order valence-electron chi connectivity index (χ0n) is 10.3. The van der Waals surface area contributed by atoms with Gasteiger partial charge in [-0.25, -0.2) is 0 Å². The van der Waals surface area contributed by atoms with Gasteiger partial charge in [0.2, 0.25) is 0 Å². The minimum absolute atomic E-state index is 0.0566. The quantitative estimate of drug-likeness (QED) is 0.598. The summed E-state index contributed by atoms with van der Waals surface area (Å²) in [5.41, 5.74) is 5.33. The van der Waals surface area contributed by atoms with Crippen molar-refractivity contribution < 1.29 is 15.0 Å². The maximum atomic E-state index is 12.1. The topological polar surface area (TPSA) is 95.6 Å². The number of nitrogens with two attached hydrogens (primary N) is 1. The molecular formula is C13H18N2O3. The molecule has 1 amide bonds. The zero-order valence-corrected chi connectivity index (χ0v) is 10.3. The predicted octanol–water partition coefficient (Wildman–Crippen LogP) is 0.955. The Morgan fingerprint density at radius 3 is 2.72 bits per heavy atom. The van der Waals surface area contributed by atoms with Crippen molar-refractivity contribution in [2.45, 2.75) is 25.3 Å². The summed E-state index contributed by atoms with van der Waals surface area (Å²) in [4.78, 5) is 12.1. The molecule has 5 nitrogen and oxygen atoms in total. The first-order chi connectivity index (χ1) is 8.46. The second-order valence-corrected chi connectivity index (χ2v) is 5.05. The number of phenolic OH excluding ortho intramolecular Hbond substituents is 2. The normalized spacial score (nSPS) is 18.1. The van der Waals surface area contributed by atoms with Crippen LogP contribution < -0.4 is 11.1 Å². The maximum Gasteiger partial charge on any atom is 0.255 e. The predicted molar refractivity (Wildman–Crippen MR) is 67.4 cm³/mol. The highest BCUT2D eigenvalue weighted by Gasteiger charge is 2.41. The number of hydrogen-bond acceptors (Lipinski definition) is 4. The highest BCUT2D eigenvalue weighted by Crippen LogP contribution is 2.39. The number of carbonyl (C=O) groups is 1. The smallest absolute Gasteiger partial charge is 0.255 e. The third-order valence-corrected chi connectivity index (χ3v) is 3.53. The lowest BCUT2D eigenvalue weighted by Gasteiger charge is -2.29. The Hall–Kier alpha value is -1.75. The summed E-state index contributed by atoms with van der Waals surface area (Å²) in [6, 6.07) is 3.87. The molecule has 1 unspecified atom stereocenters. The molecule has 1 atom stereocenters. The van der Waals surface area contributed by atoms with E-state index in [0.29, 0.717) is 12.5 Å². The molecule has 18 heavy (non-hydrogen) atoms. The minimum Gasteiger partial charge on any atom is -0.508 e. The van der Waals surface area contributed by atoms with Crippen molar-refractivity contribution in [1.82, 2.24) is 5.32 Å². The first kappa shape index (κ1) is 12.7. The summed E-state index contributed by atoms with van der Waals surface area (Å²) in [5.74, 6) is -0.228. The Bertz CT molecular complexity index is 471. The van der Waals surface area contributed by atoms with Crippen molar-refractivity contribution in [1.29, 1.82) is 0 Å². The van der Waals surface area contributed by atoms with Crippen LogP contribution in [0.2, 0.25) is 0 Å². The average molecular weight is 250 g/mol. The number of hydrogen-bond donors (Lipinski definition) is 4. The molecule has 1 aromatic rings. The van der Waals surface area contributed by atoms with Gasteiger partial charge in [-0.1, -0.05) is 0 Å². The van der Waals surface area contributed by atoms with Crippen molar-refractivity contribution >= 4 is 5.91 Å². The van der Waals surface area contributed by atoms with Crippen LogP contribution in [0.25, 0.3) is 0 Å². The van der Waals surface area contributed by atoms with Crippen LogP contribution in [0.4, 0.5) is 0 Å². The fourth-order valence-electron chi connectivity index (χ4n) is 2.07. The highest BCUT2D eigenvalue weighted by molar-refractivity contribution is 5.97. The molecule has 2 rings (SSSR count). The molecule has 0 aliphatic heterocycles. The first-order valence-corrected chi connectivity index (χ1v) is 6.01. The molecule has 0 aromatic heterocycles.